The fraction of sp³-hybridized carbons (Fsp3) is 0.200. The Morgan fingerprint density at radius 1 is 1.03 bits per heavy atom. The number of benzene rings is 1. The van der Waals surface area contributed by atoms with Gasteiger partial charge in [-0.25, -0.2) is 15.0 Å². The number of halogens is 3. The normalized spacial score (nSPS) is 17.9. The Morgan fingerprint density at radius 2 is 1.91 bits per heavy atom. The van der Waals surface area contributed by atoms with Crippen LogP contribution in [-0.4, -0.2) is 38.0 Å². The van der Waals surface area contributed by atoms with Gasteiger partial charge in [0.1, 0.15) is 11.5 Å². The molecule has 5 aromatic rings. The summed E-state index contributed by atoms with van der Waals surface area (Å²) in [4.78, 5) is 22.9. The van der Waals surface area contributed by atoms with Crippen molar-refractivity contribution in [1.29, 1.82) is 0 Å². The van der Waals surface area contributed by atoms with Gasteiger partial charge in [0.25, 0.3) is 0 Å². The number of aromatic amines is 1. The number of H-pyrrole nitrogens is 1. The molecule has 1 atom stereocenters. The summed E-state index contributed by atoms with van der Waals surface area (Å²) in [6.07, 6.45) is 2.02. The number of anilines is 1. The molecule has 35 heavy (non-hydrogen) atoms. The van der Waals surface area contributed by atoms with Crippen LogP contribution in [0.4, 0.5) is 19.0 Å². The van der Waals surface area contributed by atoms with E-state index in [0.717, 1.165) is 41.1 Å². The quantitative estimate of drug-likeness (QED) is 0.375. The maximum absolute atomic E-state index is 14.1. The van der Waals surface area contributed by atoms with Crippen molar-refractivity contribution >= 4 is 38.7 Å². The average Bonchev–Trinajstić information content (AvgIpc) is 3.56. The van der Waals surface area contributed by atoms with E-state index in [4.69, 9.17) is 4.98 Å². The molecule has 0 radical (unpaired) electrons. The van der Waals surface area contributed by atoms with Crippen molar-refractivity contribution in [3.63, 3.8) is 0 Å². The van der Waals surface area contributed by atoms with Gasteiger partial charge in [-0.05, 0) is 18.6 Å². The van der Waals surface area contributed by atoms with E-state index in [2.05, 4.69) is 25.3 Å². The number of hydrogen-bond acceptors (Lipinski definition) is 6. The van der Waals surface area contributed by atoms with Gasteiger partial charge in [-0.3, -0.25) is 4.98 Å². The largest absolute Gasteiger partial charge is 0.418 e. The summed E-state index contributed by atoms with van der Waals surface area (Å²) in [6, 6.07) is 9.60. The van der Waals surface area contributed by atoms with Crippen molar-refractivity contribution in [2.75, 3.05) is 18.0 Å². The number of hydrogen-bond donors (Lipinski definition) is 2. The molecule has 0 bridgehead atoms. The number of nitrogens with one attached hydrogen (secondary N) is 2. The van der Waals surface area contributed by atoms with Gasteiger partial charge in [-0.1, -0.05) is 18.2 Å². The van der Waals surface area contributed by atoms with Crippen LogP contribution in [0, 0.1) is 5.92 Å². The first-order valence-corrected chi connectivity index (χ1v) is 11.3. The second kappa shape index (κ2) is 7.14. The highest BCUT2D eigenvalue weighted by Crippen LogP contribution is 2.43. The monoisotopic (exact) mass is 473 g/mol. The molecular formula is C25H18F3N7. The molecule has 1 saturated heterocycles. The molecule has 0 amide bonds. The van der Waals surface area contributed by atoms with Crippen LogP contribution in [0.5, 0.6) is 0 Å². The highest BCUT2D eigenvalue weighted by atomic mass is 19.4. The number of alkyl halides is 3. The van der Waals surface area contributed by atoms with Crippen LogP contribution in [0.25, 0.3) is 44.2 Å². The molecule has 1 fully saturated rings. The molecule has 0 saturated carbocycles. The van der Waals surface area contributed by atoms with Crippen LogP contribution in [-0.2, 0) is 6.18 Å². The van der Waals surface area contributed by atoms with Gasteiger partial charge >= 0.3 is 6.18 Å². The molecule has 2 aliphatic rings. The molecule has 0 spiro atoms. The zero-order valence-electron chi connectivity index (χ0n) is 18.3. The van der Waals surface area contributed by atoms with Crippen molar-refractivity contribution in [1.82, 2.24) is 30.2 Å². The Morgan fingerprint density at radius 3 is 2.80 bits per heavy atom. The molecule has 6 heterocycles. The molecule has 2 N–H and O–H groups in total. The lowest BCUT2D eigenvalue weighted by Gasteiger charge is -2.23. The van der Waals surface area contributed by atoms with E-state index in [0.29, 0.717) is 23.6 Å². The molecule has 1 aromatic carbocycles. The van der Waals surface area contributed by atoms with E-state index in [1.807, 2.05) is 35.4 Å². The van der Waals surface area contributed by atoms with Gasteiger partial charge in [0.2, 0.25) is 0 Å². The second-order valence-electron chi connectivity index (χ2n) is 8.82. The standard InChI is InChI=1S/C25H18F3N7/c26-25(27,28)16-10-30-11-18-21(16)24(35-8-6-13-9-29-12-19(13)35)34-22(33-18)15-5-7-31-23-20(15)14-3-1-2-4-17(14)32-23/h1-5,7,10-13,29H,6,8-9H2,(H,31,32). The number of aromatic nitrogens is 5. The number of fused-ring (bicyclic) bond motifs is 5. The number of nitrogens with zero attached hydrogens (tertiary/aromatic N) is 5. The minimum Gasteiger partial charge on any atom is -0.389 e. The summed E-state index contributed by atoms with van der Waals surface area (Å²) in [5, 5.41) is 4.95. The van der Waals surface area contributed by atoms with Gasteiger partial charge in [0, 0.05) is 65.2 Å². The predicted molar refractivity (Wildman–Crippen MR) is 126 cm³/mol. The maximum atomic E-state index is 14.1. The Bertz CT molecular complexity index is 1670. The number of para-hydroxylation sites is 1. The molecule has 4 aromatic heterocycles. The third-order valence-electron chi connectivity index (χ3n) is 6.84. The van der Waals surface area contributed by atoms with Crippen LogP contribution in [0.3, 0.4) is 0 Å². The van der Waals surface area contributed by atoms with Gasteiger partial charge < -0.3 is 15.2 Å². The van der Waals surface area contributed by atoms with E-state index in [-0.39, 0.29) is 22.6 Å². The van der Waals surface area contributed by atoms with Crippen molar-refractivity contribution in [3.8, 4) is 11.4 Å². The van der Waals surface area contributed by atoms with Crippen molar-refractivity contribution < 1.29 is 13.2 Å². The van der Waals surface area contributed by atoms with E-state index in [1.165, 1.54) is 6.20 Å². The van der Waals surface area contributed by atoms with Crippen LogP contribution in [0.2, 0.25) is 0 Å². The van der Waals surface area contributed by atoms with Gasteiger partial charge in [0.15, 0.2) is 5.82 Å². The SMILES string of the molecule is FC(F)(F)c1cncc2nc(-c3ccnc4[nH]c5ccccc5c34)nc(N3CCC4CNC=C43)c12. The molecule has 1 unspecified atom stereocenters. The Labute approximate surface area is 196 Å². The van der Waals surface area contributed by atoms with Crippen molar-refractivity contribution in [3.05, 3.63) is 66.4 Å². The Kier molecular flexibility index (Phi) is 4.12. The first-order chi connectivity index (χ1) is 17.0. The fourth-order valence-electron chi connectivity index (χ4n) is 5.27. The fourth-order valence-corrected chi connectivity index (χ4v) is 5.27. The highest BCUT2D eigenvalue weighted by molar-refractivity contribution is 6.12. The zero-order chi connectivity index (χ0) is 23.7. The van der Waals surface area contributed by atoms with Crippen LogP contribution in [0.1, 0.15) is 12.0 Å². The van der Waals surface area contributed by atoms with Crippen LogP contribution < -0.4 is 10.2 Å². The lowest BCUT2D eigenvalue weighted by molar-refractivity contribution is -0.136. The summed E-state index contributed by atoms with van der Waals surface area (Å²) in [5.74, 6) is 0.837. The van der Waals surface area contributed by atoms with E-state index in [1.54, 1.807) is 12.3 Å². The topological polar surface area (TPSA) is 82.6 Å². The van der Waals surface area contributed by atoms with Crippen LogP contribution >= 0.6 is 0 Å². The average molecular weight is 473 g/mol. The predicted octanol–water partition coefficient (Wildman–Crippen LogP) is 5.01. The molecular weight excluding hydrogens is 455 g/mol. The summed E-state index contributed by atoms with van der Waals surface area (Å²) in [7, 11) is 0. The lowest BCUT2D eigenvalue weighted by atomic mass is 10.1. The Hall–Kier alpha value is -4.21. The van der Waals surface area contributed by atoms with Gasteiger partial charge in [0.05, 0.1) is 22.7 Å². The van der Waals surface area contributed by atoms with E-state index < -0.39 is 11.7 Å². The van der Waals surface area contributed by atoms with E-state index in [9.17, 15) is 13.2 Å². The summed E-state index contributed by atoms with van der Waals surface area (Å²) in [5.41, 5.74) is 2.54. The molecule has 2 aliphatic heterocycles. The molecule has 0 aliphatic carbocycles. The smallest absolute Gasteiger partial charge is 0.389 e. The Balaban J connectivity index is 1.55. The summed E-state index contributed by atoms with van der Waals surface area (Å²) in [6.45, 7) is 1.36. The molecule has 10 heteroatoms. The van der Waals surface area contributed by atoms with Crippen molar-refractivity contribution in [2.24, 2.45) is 5.92 Å². The first kappa shape index (κ1) is 20.2. The molecule has 174 valence electrons. The van der Waals surface area contributed by atoms with E-state index >= 15 is 0 Å². The summed E-state index contributed by atoms with van der Waals surface area (Å²) < 4.78 is 42.2. The second-order valence-corrected chi connectivity index (χ2v) is 8.82. The molecule has 7 rings (SSSR count). The van der Waals surface area contributed by atoms with Crippen LogP contribution in [0.15, 0.2) is 60.8 Å². The van der Waals surface area contributed by atoms with Crippen molar-refractivity contribution in [2.45, 2.75) is 12.6 Å². The minimum absolute atomic E-state index is 0.0334. The summed E-state index contributed by atoms with van der Waals surface area (Å²) >= 11 is 0. The lowest BCUT2D eigenvalue weighted by Crippen LogP contribution is -2.21. The third-order valence-corrected chi connectivity index (χ3v) is 6.84. The third kappa shape index (κ3) is 2.99. The number of pyridine rings is 2. The minimum atomic E-state index is -4.59. The highest BCUT2D eigenvalue weighted by Gasteiger charge is 2.38. The number of rotatable bonds is 2. The molecule has 7 nitrogen and oxygen atoms in total. The first-order valence-electron chi connectivity index (χ1n) is 11.3. The maximum Gasteiger partial charge on any atom is 0.418 e. The van der Waals surface area contributed by atoms with Gasteiger partial charge in [-0.15, -0.1) is 0 Å². The zero-order valence-corrected chi connectivity index (χ0v) is 18.3. The van der Waals surface area contributed by atoms with Gasteiger partial charge in [-0.2, -0.15) is 13.2 Å².